The molecule has 0 heterocycles. The molecular weight excluding hydrogens is 261 g/mol. The Labute approximate surface area is 87.8 Å². The van der Waals surface area contributed by atoms with E-state index in [-0.39, 0.29) is 10.3 Å². The standard InChI is InChI=1S/C9H8BrF3O/c1-5(14)6-3-2-4-7(8(6)10)9(11,12)13/h2,4,6H,3H2,1H3. The number of hydrogen-bond acceptors (Lipinski definition) is 1. The highest BCUT2D eigenvalue weighted by Crippen LogP contribution is 2.39. The number of halogens is 4. The van der Waals surface area contributed by atoms with Crippen LogP contribution in [0.2, 0.25) is 0 Å². The predicted molar refractivity (Wildman–Crippen MR) is 49.9 cm³/mol. The maximum atomic E-state index is 12.4. The van der Waals surface area contributed by atoms with Crippen LogP contribution in [0.3, 0.4) is 0 Å². The summed E-state index contributed by atoms with van der Waals surface area (Å²) >= 11 is 2.85. The molecule has 0 spiro atoms. The molecular formula is C9H8BrF3O. The summed E-state index contributed by atoms with van der Waals surface area (Å²) in [5.41, 5.74) is -0.760. The fourth-order valence-corrected chi connectivity index (χ4v) is 2.13. The molecule has 78 valence electrons. The molecule has 1 rings (SSSR count). The summed E-state index contributed by atoms with van der Waals surface area (Å²) in [7, 11) is 0. The number of ketones is 1. The van der Waals surface area contributed by atoms with E-state index in [4.69, 9.17) is 0 Å². The number of rotatable bonds is 1. The lowest BCUT2D eigenvalue weighted by Crippen LogP contribution is -2.20. The molecule has 1 aliphatic carbocycles. The molecule has 14 heavy (non-hydrogen) atoms. The first-order valence-corrected chi connectivity index (χ1v) is 4.77. The smallest absolute Gasteiger partial charge is 0.299 e. The second-order valence-electron chi connectivity index (χ2n) is 3.06. The molecule has 0 aromatic carbocycles. The molecule has 0 aromatic heterocycles. The maximum Gasteiger partial charge on any atom is 0.417 e. The van der Waals surface area contributed by atoms with E-state index in [1.807, 2.05) is 0 Å². The molecule has 0 saturated heterocycles. The minimum Gasteiger partial charge on any atom is -0.299 e. The van der Waals surface area contributed by atoms with Crippen LogP contribution in [0, 0.1) is 5.92 Å². The summed E-state index contributed by atoms with van der Waals surface area (Å²) in [5.74, 6) is -0.945. The molecule has 0 bridgehead atoms. The maximum absolute atomic E-state index is 12.4. The lowest BCUT2D eigenvalue weighted by atomic mass is 9.93. The van der Waals surface area contributed by atoms with E-state index in [1.165, 1.54) is 13.0 Å². The summed E-state index contributed by atoms with van der Waals surface area (Å²) in [6.07, 6.45) is -1.69. The number of Topliss-reactive ketones (excluding diaryl/α,β-unsaturated/α-hetero) is 1. The highest BCUT2D eigenvalue weighted by atomic mass is 79.9. The van der Waals surface area contributed by atoms with Crippen molar-refractivity contribution >= 4 is 21.7 Å². The van der Waals surface area contributed by atoms with Crippen LogP contribution in [0.4, 0.5) is 13.2 Å². The highest BCUT2D eigenvalue weighted by Gasteiger charge is 2.37. The second-order valence-corrected chi connectivity index (χ2v) is 3.92. The first-order valence-electron chi connectivity index (χ1n) is 3.98. The third-order valence-corrected chi connectivity index (χ3v) is 3.00. The average molecular weight is 269 g/mol. The van der Waals surface area contributed by atoms with E-state index in [0.29, 0.717) is 6.42 Å². The zero-order valence-corrected chi connectivity index (χ0v) is 8.95. The van der Waals surface area contributed by atoms with E-state index in [0.717, 1.165) is 6.08 Å². The van der Waals surface area contributed by atoms with Crippen molar-refractivity contribution in [2.45, 2.75) is 19.5 Å². The number of allylic oxidation sites excluding steroid dienone is 4. The number of carbonyl (C=O) groups is 1. The van der Waals surface area contributed by atoms with Crippen LogP contribution in [0.15, 0.2) is 22.2 Å². The molecule has 0 fully saturated rings. The molecule has 1 atom stereocenters. The van der Waals surface area contributed by atoms with Crippen molar-refractivity contribution in [1.82, 2.24) is 0 Å². The second kappa shape index (κ2) is 3.88. The van der Waals surface area contributed by atoms with Crippen LogP contribution in [0.1, 0.15) is 13.3 Å². The van der Waals surface area contributed by atoms with Gasteiger partial charge in [-0.2, -0.15) is 13.2 Å². The minimum atomic E-state index is -4.40. The molecule has 0 amide bonds. The molecule has 5 heteroatoms. The van der Waals surface area contributed by atoms with Crippen LogP contribution >= 0.6 is 15.9 Å². The largest absolute Gasteiger partial charge is 0.417 e. The van der Waals surface area contributed by atoms with Crippen LogP contribution in [-0.4, -0.2) is 12.0 Å². The van der Waals surface area contributed by atoms with Gasteiger partial charge in [0.15, 0.2) is 0 Å². The Balaban J connectivity index is 3.09. The van der Waals surface area contributed by atoms with Gasteiger partial charge in [-0.25, -0.2) is 0 Å². The predicted octanol–water partition coefficient (Wildman–Crippen LogP) is 3.36. The van der Waals surface area contributed by atoms with Crippen LogP contribution in [-0.2, 0) is 4.79 Å². The highest BCUT2D eigenvalue weighted by molar-refractivity contribution is 9.11. The summed E-state index contributed by atoms with van der Waals surface area (Å²) < 4.78 is 37.1. The number of carbonyl (C=O) groups excluding carboxylic acids is 1. The van der Waals surface area contributed by atoms with Gasteiger partial charge in [0, 0.05) is 4.48 Å². The average Bonchev–Trinajstić information content (AvgIpc) is 2.01. The Hall–Kier alpha value is -0.580. The molecule has 1 aliphatic rings. The van der Waals surface area contributed by atoms with Crippen LogP contribution < -0.4 is 0 Å². The van der Waals surface area contributed by atoms with Crippen molar-refractivity contribution in [2.75, 3.05) is 0 Å². The van der Waals surface area contributed by atoms with Gasteiger partial charge in [0.05, 0.1) is 11.5 Å². The summed E-state index contributed by atoms with van der Waals surface area (Å²) in [6, 6.07) is 0. The number of hydrogen-bond donors (Lipinski definition) is 0. The normalized spacial score (nSPS) is 22.8. The van der Waals surface area contributed by atoms with Crippen molar-refractivity contribution in [3.8, 4) is 0 Å². The Morgan fingerprint density at radius 2 is 2.14 bits per heavy atom. The quantitative estimate of drug-likeness (QED) is 0.713. The van der Waals surface area contributed by atoms with Gasteiger partial charge < -0.3 is 0 Å². The molecule has 1 unspecified atom stereocenters. The summed E-state index contributed by atoms with van der Waals surface area (Å²) in [5, 5.41) is 0. The molecule has 0 saturated carbocycles. The van der Waals surface area contributed by atoms with Gasteiger partial charge in [-0.3, -0.25) is 4.79 Å². The monoisotopic (exact) mass is 268 g/mol. The van der Waals surface area contributed by atoms with Gasteiger partial charge in [-0.15, -0.1) is 0 Å². The molecule has 1 nitrogen and oxygen atoms in total. The van der Waals surface area contributed by atoms with Crippen molar-refractivity contribution in [2.24, 2.45) is 5.92 Å². The SMILES string of the molecule is CC(=O)C1CC=CC(C(F)(F)F)=C1Br. The van der Waals surface area contributed by atoms with Gasteiger partial charge in [-0.1, -0.05) is 28.1 Å². The molecule has 0 radical (unpaired) electrons. The summed E-state index contributed by atoms with van der Waals surface area (Å²) in [4.78, 5) is 11.0. The lowest BCUT2D eigenvalue weighted by molar-refractivity contribution is -0.119. The van der Waals surface area contributed by atoms with E-state index < -0.39 is 17.7 Å². The zero-order valence-electron chi connectivity index (χ0n) is 7.36. The first-order chi connectivity index (χ1) is 6.34. The lowest BCUT2D eigenvalue weighted by Gasteiger charge is -2.20. The van der Waals surface area contributed by atoms with Crippen molar-refractivity contribution in [3.63, 3.8) is 0 Å². The van der Waals surface area contributed by atoms with Crippen LogP contribution in [0.25, 0.3) is 0 Å². The van der Waals surface area contributed by atoms with E-state index in [2.05, 4.69) is 15.9 Å². The molecule has 0 aromatic rings. The fourth-order valence-electron chi connectivity index (χ4n) is 1.27. The van der Waals surface area contributed by atoms with Crippen molar-refractivity contribution < 1.29 is 18.0 Å². The van der Waals surface area contributed by atoms with Crippen LogP contribution in [0.5, 0.6) is 0 Å². The van der Waals surface area contributed by atoms with E-state index in [1.54, 1.807) is 0 Å². The third kappa shape index (κ3) is 2.26. The van der Waals surface area contributed by atoms with Gasteiger partial charge in [0.25, 0.3) is 0 Å². The first kappa shape index (κ1) is 11.5. The topological polar surface area (TPSA) is 17.1 Å². The minimum absolute atomic E-state index is 0.0556. The third-order valence-electron chi connectivity index (χ3n) is 2.02. The Bertz CT molecular complexity index is 315. The van der Waals surface area contributed by atoms with Crippen molar-refractivity contribution in [3.05, 3.63) is 22.2 Å². The van der Waals surface area contributed by atoms with E-state index >= 15 is 0 Å². The van der Waals surface area contributed by atoms with E-state index in [9.17, 15) is 18.0 Å². The van der Waals surface area contributed by atoms with Gasteiger partial charge in [-0.05, 0) is 13.3 Å². The van der Waals surface area contributed by atoms with Crippen molar-refractivity contribution in [1.29, 1.82) is 0 Å². The van der Waals surface area contributed by atoms with Gasteiger partial charge >= 0.3 is 6.18 Å². The summed E-state index contributed by atoms with van der Waals surface area (Å²) in [6.45, 7) is 1.29. The Kier molecular flexibility index (Phi) is 3.19. The Morgan fingerprint density at radius 1 is 1.57 bits per heavy atom. The molecule has 0 N–H and O–H groups in total. The molecule has 0 aliphatic heterocycles. The number of alkyl halides is 3. The fraction of sp³-hybridized carbons (Fsp3) is 0.444. The zero-order chi connectivity index (χ0) is 10.9. The Morgan fingerprint density at radius 3 is 2.57 bits per heavy atom. The van der Waals surface area contributed by atoms with Gasteiger partial charge in [0.2, 0.25) is 0 Å². The van der Waals surface area contributed by atoms with Gasteiger partial charge in [0.1, 0.15) is 5.78 Å².